The molecule has 2 aromatic rings. The van der Waals surface area contributed by atoms with Crippen LogP contribution in [0.4, 0.5) is 5.69 Å². The molecule has 0 aliphatic carbocycles. The quantitative estimate of drug-likeness (QED) is 0.754. The summed E-state index contributed by atoms with van der Waals surface area (Å²) in [5, 5.41) is 2.89. The largest absolute Gasteiger partial charge is 0.466 e. The van der Waals surface area contributed by atoms with Gasteiger partial charge in [-0.2, -0.15) is 0 Å². The molecule has 9 nitrogen and oxygen atoms in total. The van der Waals surface area contributed by atoms with Crippen molar-refractivity contribution in [1.82, 2.24) is 14.1 Å². The molecule has 0 aromatic carbocycles. The van der Waals surface area contributed by atoms with Crippen LogP contribution in [0, 0.1) is 0 Å². The Morgan fingerprint density at radius 3 is 2.44 bits per heavy atom. The van der Waals surface area contributed by atoms with E-state index in [0.717, 1.165) is 4.57 Å². The molecule has 2 rings (SSSR count). The molecule has 0 fully saturated rings. The molecule has 0 spiro atoms. The zero-order valence-corrected chi connectivity index (χ0v) is 16.2. The summed E-state index contributed by atoms with van der Waals surface area (Å²) in [6, 6.07) is 0. The number of carbonyl (C=O) groups excluding carboxylic acids is 2. The lowest BCUT2D eigenvalue weighted by Crippen LogP contribution is -2.38. The van der Waals surface area contributed by atoms with Gasteiger partial charge >= 0.3 is 11.7 Å². The van der Waals surface area contributed by atoms with Gasteiger partial charge in [0.25, 0.3) is 5.56 Å². The highest BCUT2D eigenvalue weighted by Crippen LogP contribution is 2.28. The van der Waals surface area contributed by atoms with Gasteiger partial charge in [-0.25, -0.2) is 9.78 Å². The molecule has 1 amide bonds. The maximum atomic E-state index is 12.7. The van der Waals surface area contributed by atoms with E-state index in [0.29, 0.717) is 11.3 Å². The molecule has 0 atom stereocenters. The maximum Gasteiger partial charge on any atom is 0.332 e. The van der Waals surface area contributed by atoms with Crippen LogP contribution in [0.15, 0.2) is 15.8 Å². The summed E-state index contributed by atoms with van der Waals surface area (Å²) in [6.07, 6.45) is 1.41. The zero-order chi connectivity index (χ0) is 20.3. The molecule has 9 heteroatoms. The fourth-order valence-electron chi connectivity index (χ4n) is 2.77. The van der Waals surface area contributed by atoms with Gasteiger partial charge in [0.1, 0.15) is 5.39 Å². The van der Waals surface area contributed by atoms with Crippen LogP contribution in [0.5, 0.6) is 0 Å². The van der Waals surface area contributed by atoms with E-state index < -0.39 is 23.1 Å². The Morgan fingerprint density at radius 2 is 1.85 bits per heavy atom. The molecule has 0 aliphatic rings. The summed E-state index contributed by atoms with van der Waals surface area (Å²) < 4.78 is 7.05. The molecule has 0 bridgehead atoms. The number of hydrogen-bond donors (Lipinski definition) is 1. The lowest BCUT2D eigenvalue weighted by atomic mass is 10.0. The van der Waals surface area contributed by atoms with E-state index in [1.807, 2.05) is 13.8 Å². The Morgan fingerprint density at radius 1 is 1.19 bits per heavy atom. The molecule has 2 aromatic heterocycles. The number of pyridine rings is 1. The Hall–Kier alpha value is -2.97. The first-order valence-electron chi connectivity index (χ1n) is 8.73. The second-order valence-corrected chi connectivity index (χ2v) is 6.50. The predicted octanol–water partition coefficient (Wildman–Crippen LogP) is 1.04. The molecular weight excluding hydrogens is 352 g/mol. The number of aryl methyl sites for hydroxylation is 1. The minimum absolute atomic E-state index is 0.0239. The molecule has 0 unspecified atom stereocenters. The predicted molar refractivity (Wildman–Crippen MR) is 101 cm³/mol. The Kier molecular flexibility index (Phi) is 6.14. The van der Waals surface area contributed by atoms with Crippen LogP contribution in [0.1, 0.15) is 45.1 Å². The van der Waals surface area contributed by atoms with Crippen LogP contribution in [0.2, 0.25) is 0 Å². The van der Waals surface area contributed by atoms with Gasteiger partial charge in [-0.05, 0) is 18.4 Å². The fourth-order valence-corrected chi connectivity index (χ4v) is 2.77. The van der Waals surface area contributed by atoms with Crippen molar-refractivity contribution in [3.63, 3.8) is 0 Å². The van der Waals surface area contributed by atoms with Crippen LogP contribution < -0.4 is 16.6 Å². The van der Waals surface area contributed by atoms with Crippen LogP contribution in [-0.2, 0) is 28.4 Å². The van der Waals surface area contributed by atoms with Gasteiger partial charge in [0.15, 0.2) is 5.65 Å². The van der Waals surface area contributed by atoms with Crippen molar-refractivity contribution in [2.45, 2.75) is 39.5 Å². The number of amides is 1. The first kappa shape index (κ1) is 20.3. The SMILES string of the molecule is CCOC(=O)CCC(=O)Nc1c(C(C)C)cnc2c1c(=O)n(C)c(=O)n2C. The van der Waals surface area contributed by atoms with E-state index in [1.165, 1.54) is 18.7 Å². The molecule has 0 saturated heterocycles. The van der Waals surface area contributed by atoms with Gasteiger partial charge in [-0.15, -0.1) is 0 Å². The minimum atomic E-state index is -0.538. The number of fused-ring (bicyclic) bond motifs is 1. The van der Waals surface area contributed by atoms with Crippen molar-refractivity contribution in [2.24, 2.45) is 14.1 Å². The Bertz CT molecular complexity index is 1000. The number of nitrogens with one attached hydrogen (secondary N) is 1. The monoisotopic (exact) mass is 376 g/mol. The molecular formula is C18H24N4O5. The summed E-state index contributed by atoms with van der Waals surface area (Å²) in [7, 11) is 2.89. The first-order chi connectivity index (χ1) is 12.7. The van der Waals surface area contributed by atoms with Gasteiger partial charge in [0, 0.05) is 26.7 Å². The highest BCUT2D eigenvalue weighted by atomic mass is 16.5. The summed E-state index contributed by atoms with van der Waals surface area (Å²) >= 11 is 0. The van der Waals surface area contributed by atoms with Crippen molar-refractivity contribution in [3.8, 4) is 0 Å². The summed E-state index contributed by atoms with van der Waals surface area (Å²) in [6.45, 7) is 5.75. The third kappa shape index (κ3) is 4.07. The van der Waals surface area contributed by atoms with Gasteiger partial charge in [0.05, 0.1) is 18.7 Å². The van der Waals surface area contributed by atoms with Gasteiger partial charge in [-0.1, -0.05) is 13.8 Å². The third-order valence-electron chi connectivity index (χ3n) is 4.25. The molecule has 0 radical (unpaired) electrons. The van der Waals surface area contributed by atoms with E-state index in [2.05, 4.69) is 10.3 Å². The normalized spacial score (nSPS) is 11.0. The number of anilines is 1. The number of aromatic nitrogens is 3. The highest BCUT2D eigenvalue weighted by Gasteiger charge is 2.20. The molecule has 0 aliphatic heterocycles. The van der Waals surface area contributed by atoms with Crippen LogP contribution in [-0.4, -0.2) is 32.6 Å². The minimum Gasteiger partial charge on any atom is -0.466 e. The Labute approximate surface area is 156 Å². The average molecular weight is 376 g/mol. The highest BCUT2D eigenvalue weighted by molar-refractivity contribution is 6.01. The van der Waals surface area contributed by atoms with E-state index in [-0.39, 0.29) is 36.4 Å². The van der Waals surface area contributed by atoms with E-state index >= 15 is 0 Å². The lowest BCUT2D eigenvalue weighted by molar-refractivity contribution is -0.144. The van der Waals surface area contributed by atoms with Crippen LogP contribution in [0.25, 0.3) is 11.0 Å². The number of esters is 1. The number of ether oxygens (including phenoxy) is 1. The Balaban J connectivity index is 2.55. The number of carbonyl (C=O) groups is 2. The van der Waals surface area contributed by atoms with E-state index in [9.17, 15) is 19.2 Å². The van der Waals surface area contributed by atoms with Crippen molar-refractivity contribution in [3.05, 3.63) is 32.6 Å². The standard InChI is InChI=1S/C18H24N4O5/c1-6-27-13(24)8-7-12(23)20-15-11(10(2)3)9-19-16-14(15)17(25)22(5)18(26)21(16)4/h9-10H,6-8H2,1-5H3,(H,19,20,23). The van der Waals surface area contributed by atoms with Crippen molar-refractivity contribution < 1.29 is 14.3 Å². The first-order valence-corrected chi connectivity index (χ1v) is 8.73. The smallest absolute Gasteiger partial charge is 0.332 e. The third-order valence-corrected chi connectivity index (χ3v) is 4.25. The summed E-state index contributed by atoms with van der Waals surface area (Å²) in [5.41, 5.74) is 0.136. The van der Waals surface area contributed by atoms with Crippen LogP contribution in [0.3, 0.4) is 0 Å². The second kappa shape index (κ2) is 8.15. The summed E-state index contributed by atoms with van der Waals surface area (Å²) in [4.78, 5) is 52.9. The zero-order valence-electron chi connectivity index (χ0n) is 16.2. The maximum absolute atomic E-state index is 12.7. The lowest BCUT2D eigenvalue weighted by Gasteiger charge is -2.17. The number of hydrogen-bond acceptors (Lipinski definition) is 6. The van der Waals surface area contributed by atoms with Gasteiger partial charge < -0.3 is 10.1 Å². The fraction of sp³-hybridized carbons (Fsp3) is 0.500. The topological polar surface area (TPSA) is 112 Å². The van der Waals surface area contributed by atoms with E-state index in [4.69, 9.17) is 4.74 Å². The average Bonchev–Trinajstić information content (AvgIpc) is 2.62. The molecule has 27 heavy (non-hydrogen) atoms. The second-order valence-electron chi connectivity index (χ2n) is 6.50. The number of nitrogens with zero attached hydrogens (tertiary/aromatic N) is 3. The molecule has 0 saturated carbocycles. The molecule has 146 valence electrons. The number of rotatable bonds is 6. The molecule has 2 heterocycles. The van der Waals surface area contributed by atoms with Crippen molar-refractivity contribution in [1.29, 1.82) is 0 Å². The molecule has 1 N–H and O–H groups in total. The van der Waals surface area contributed by atoms with Gasteiger partial charge in [0.2, 0.25) is 5.91 Å². The van der Waals surface area contributed by atoms with E-state index in [1.54, 1.807) is 13.1 Å². The summed E-state index contributed by atoms with van der Waals surface area (Å²) in [5.74, 6) is -0.910. The van der Waals surface area contributed by atoms with Gasteiger partial charge in [-0.3, -0.25) is 23.5 Å². The van der Waals surface area contributed by atoms with Crippen LogP contribution >= 0.6 is 0 Å². The van der Waals surface area contributed by atoms with Crippen molar-refractivity contribution >= 4 is 28.6 Å². The van der Waals surface area contributed by atoms with Crippen molar-refractivity contribution in [2.75, 3.05) is 11.9 Å².